The van der Waals surface area contributed by atoms with Gasteiger partial charge < -0.3 is 10.1 Å². The number of nitrogens with zero attached hydrogens (tertiary/aromatic N) is 1. The summed E-state index contributed by atoms with van der Waals surface area (Å²) in [5, 5.41) is 4.06. The maximum absolute atomic E-state index is 5.91. The zero-order chi connectivity index (χ0) is 12.3. The molecule has 1 aliphatic rings. The monoisotopic (exact) mass is 318 g/mol. The van der Waals surface area contributed by atoms with Crippen LogP contribution in [0.5, 0.6) is 0 Å². The Balaban J connectivity index is 1.96. The molecule has 0 bridgehead atoms. The maximum Gasteiger partial charge on any atom is 0.127 e. The van der Waals surface area contributed by atoms with Crippen LogP contribution in [-0.4, -0.2) is 24.2 Å². The summed E-state index contributed by atoms with van der Waals surface area (Å²) in [4.78, 5) is 4.35. The number of rotatable bonds is 3. The fourth-order valence-corrected chi connectivity index (χ4v) is 2.49. The molecular formula is C12H16BrClN2O. The van der Waals surface area contributed by atoms with E-state index in [1.807, 2.05) is 12.1 Å². The summed E-state index contributed by atoms with van der Waals surface area (Å²) in [6, 6.07) is 4.15. The molecule has 1 aliphatic heterocycles. The molecule has 1 aromatic rings. The van der Waals surface area contributed by atoms with Gasteiger partial charge in [0.2, 0.25) is 0 Å². The Hall–Kier alpha value is -0.320. The largest absolute Gasteiger partial charge is 0.381 e. The molecule has 0 saturated carbocycles. The first-order valence-electron chi connectivity index (χ1n) is 5.83. The molecular weight excluding hydrogens is 304 g/mol. The van der Waals surface area contributed by atoms with Gasteiger partial charge in [-0.15, -0.1) is 0 Å². The lowest BCUT2D eigenvalue weighted by Crippen LogP contribution is -2.31. The molecule has 5 heteroatoms. The zero-order valence-corrected chi connectivity index (χ0v) is 12.1. The lowest BCUT2D eigenvalue weighted by molar-refractivity contribution is 0.0622. The van der Waals surface area contributed by atoms with E-state index in [0.29, 0.717) is 21.6 Å². The molecule has 1 N–H and O–H groups in total. The van der Waals surface area contributed by atoms with E-state index in [4.69, 9.17) is 16.3 Å². The van der Waals surface area contributed by atoms with Gasteiger partial charge in [0.25, 0.3) is 0 Å². The van der Waals surface area contributed by atoms with Crippen LogP contribution in [0.3, 0.4) is 0 Å². The molecule has 0 aliphatic carbocycles. The summed E-state index contributed by atoms with van der Waals surface area (Å²) in [5.41, 5.74) is 0. The van der Waals surface area contributed by atoms with E-state index in [-0.39, 0.29) is 0 Å². The number of halogens is 2. The lowest BCUT2D eigenvalue weighted by atomic mass is 9.93. The first-order valence-corrected chi connectivity index (χ1v) is 7.00. The summed E-state index contributed by atoms with van der Waals surface area (Å²) in [6.45, 7) is 3.93. The average molecular weight is 320 g/mol. The number of anilines is 1. The van der Waals surface area contributed by atoms with E-state index >= 15 is 0 Å². The van der Waals surface area contributed by atoms with Crippen molar-refractivity contribution < 1.29 is 4.74 Å². The van der Waals surface area contributed by atoms with Crippen LogP contribution in [0.4, 0.5) is 5.82 Å². The van der Waals surface area contributed by atoms with Crippen LogP contribution >= 0.6 is 27.5 Å². The van der Waals surface area contributed by atoms with E-state index in [9.17, 15) is 0 Å². The lowest BCUT2D eigenvalue weighted by Gasteiger charge is -2.28. The van der Waals surface area contributed by atoms with Gasteiger partial charge in [-0.3, -0.25) is 0 Å². The standard InChI is InChI=1S/C12H16BrClN2O/c1-8(9-4-6-17-7-5-9)15-11-3-2-10(14)12(13)16-11/h2-3,8-9H,4-7H2,1H3,(H,15,16)/t8-/m1/s1. The zero-order valence-electron chi connectivity index (χ0n) is 9.75. The number of aromatic nitrogens is 1. The molecule has 0 radical (unpaired) electrons. The molecule has 2 rings (SSSR count). The van der Waals surface area contributed by atoms with Gasteiger partial charge in [0.15, 0.2) is 0 Å². The van der Waals surface area contributed by atoms with Crippen molar-refractivity contribution in [1.82, 2.24) is 4.98 Å². The fourth-order valence-electron chi connectivity index (χ4n) is 2.06. The van der Waals surface area contributed by atoms with Crippen LogP contribution in [0, 0.1) is 5.92 Å². The van der Waals surface area contributed by atoms with Crippen molar-refractivity contribution in [3.8, 4) is 0 Å². The van der Waals surface area contributed by atoms with Crippen LogP contribution in [0.2, 0.25) is 5.02 Å². The summed E-state index contributed by atoms with van der Waals surface area (Å²) in [7, 11) is 0. The highest BCUT2D eigenvalue weighted by molar-refractivity contribution is 9.10. The molecule has 0 spiro atoms. The third kappa shape index (κ3) is 3.57. The third-order valence-electron chi connectivity index (χ3n) is 3.15. The Kier molecular flexibility index (Phi) is 4.65. The SMILES string of the molecule is C[C@@H](Nc1ccc(Cl)c(Br)n1)C1CCOCC1. The molecule has 2 heterocycles. The van der Waals surface area contributed by atoms with Gasteiger partial charge in [-0.25, -0.2) is 4.98 Å². The van der Waals surface area contributed by atoms with E-state index in [2.05, 4.69) is 33.2 Å². The topological polar surface area (TPSA) is 34.2 Å². The van der Waals surface area contributed by atoms with Gasteiger partial charge in [-0.1, -0.05) is 11.6 Å². The number of pyridine rings is 1. The molecule has 17 heavy (non-hydrogen) atoms. The summed E-state index contributed by atoms with van der Waals surface area (Å²) < 4.78 is 6.05. The van der Waals surface area contributed by atoms with Crippen LogP contribution in [0.25, 0.3) is 0 Å². The average Bonchev–Trinajstić information content (AvgIpc) is 2.35. The second kappa shape index (κ2) is 6.03. The molecule has 3 nitrogen and oxygen atoms in total. The van der Waals surface area contributed by atoms with Crippen LogP contribution < -0.4 is 5.32 Å². The van der Waals surface area contributed by atoms with Crippen molar-refractivity contribution in [2.24, 2.45) is 5.92 Å². The Morgan fingerprint density at radius 1 is 1.47 bits per heavy atom. The smallest absolute Gasteiger partial charge is 0.127 e. The summed E-state index contributed by atoms with van der Waals surface area (Å²) >= 11 is 9.24. The Labute approximate surface area is 115 Å². The molecule has 1 fully saturated rings. The quantitative estimate of drug-likeness (QED) is 0.862. The predicted molar refractivity (Wildman–Crippen MR) is 73.6 cm³/mol. The van der Waals surface area contributed by atoms with E-state index in [1.54, 1.807) is 0 Å². The Morgan fingerprint density at radius 2 is 2.18 bits per heavy atom. The highest BCUT2D eigenvalue weighted by Gasteiger charge is 2.20. The minimum atomic E-state index is 0.402. The first kappa shape index (κ1) is 13.1. The van der Waals surface area contributed by atoms with Gasteiger partial charge in [-0.2, -0.15) is 0 Å². The molecule has 1 atom stereocenters. The molecule has 94 valence electrons. The van der Waals surface area contributed by atoms with Crippen molar-refractivity contribution in [2.45, 2.75) is 25.8 Å². The number of ether oxygens (including phenoxy) is 1. The summed E-state index contributed by atoms with van der Waals surface area (Å²) in [6.07, 6.45) is 2.23. The molecule has 1 aromatic heterocycles. The normalized spacial score (nSPS) is 19.0. The highest BCUT2D eigenvalue weighted by Crippen LogP contribution is 2.24. The number of hydrogen-bond donors (Lipinski definition) is 1. The maximum atomic E-state index is 5.91. The predicted octanol–water partition coefficient (Wildman–Crippen LogP) is 3.72. The molecule has 0 amide bonds. The summed E-state index contributed by atoms with van der Waals surface area (Å²) in [5.74, 6) is 1.51. The second-order valence-corrected chi connectivity index (χ2v) is 5.51. The number of nitrogens with one attached hydrogen (secondary N) is 1. The molecule has 1 saturated heterocycles. The molecule has 0 unspecified atom stereocenters. The van der Waals surface area contributed by atoms with Crippen LogP contribution in [0.15, 0.2) is 16.7 Å². The van der Waals surface area contributed by atoms with Gasteiger partial charge in [0.05, 0.1) is 5.02 Å². The minimum absolute atomic E-state index is 0.402. The van der Waals surface area contributed by atoms with Gasteiger partial charge >= 0.3 is 0 Å². The Morgan fingerprint density at radius 3 is 2.82 bits per heavy atom. The van der Waals surface area contributed by atoms with Crippen molar-refractivity contribution >= 4 is 33.3 Å². The fraction of sp³-hybridized carbons (Fsp3) is 0.583. The second-order valence-electron chi connectivity index (χ2n) is 4.35. The van der Waals surface area contributed by atoms with E-state index < -0.39 is 0 Å². The van der Waals surface area contributed by atoms with Crippen LogP contribution in [0.1, 0.15) is 19.8 Å². The third-order valence-corrected chi connectivity index (χ3v) is 4.29. The highest BCUT2D eigenvalue weighted by atomic mass is 79.9. The van der Waals surface area contributed by atoms with Crippen molar-refractivity contribution in [3.63, 3.8) is 0 Å². The van der Waals surface area contributed by atoms with Crippen molar-refractivity contribution in [1.29, 1.82) is 0 Å². The van der Waals surface area contributed by atoms with Gasteiger partial charge in [0.1, 0.15) is 10.4 Å². The Bertz CT molecular complexity index is 383. The molecule has 0 aromatic carbocycles. The van der Waals surface area contributed by atoms with Crippen LogP contribution in [-0.2, 0) is 4.74 Å². The van der Waals surface area contributed by atoms with Crippen molar-refractivity contribution in [3.05, 3.63) is 21.8 Å². The first-order chi connectivity index (χ1) is 8.16. The van der Waals surface area contributed by atoms with E-state index in [0.717, 1.165) is 31.9 Å². The van der Waals surface area contributed by atoms with E-state index in [1.165, 1.54) is 0 Å². The minimum Gasteiger partial charge on any atom is -0.381 e. The van der Waals surface area contributed by atoms with Gasteiger partial charge in [-0.05, 0) is 53.7 Å². The van der Waals surface area contributed by atoms with Crippen molar-refractivity contribution in [2.75, 3.05) is 18.5 Å². The van der Waals surface area contributed by atoms with Gasteiger partial charge in [0, 0.05) is 19.3 Å². The number of hydrogen-bond acceptors (Lipinski definition) is 3.